The van der Waals surface area contributed by atoms with Crippen LogP contribution in [0.4, 0.5) is 11.5 Å². The molecule has 0 atom stereocenters. The second-order valence-electron chi connectivity index (χ2n) is 5.21. The van der Waals surface area contributed by atoms with Crippen LogP contribution in [0.3, 0.4) is 0 Å². The van der Waals surface area contributed by atoms with Gasteiger partial charge in [0.25, 0.3) is 0 Å². The van der Waals surface area contributed by atoms with Gasteiger partial charge < -0.3 is 15.5 Å². The minimum atomic E-state index is 0.762. The molecule has 0 amide bonds. The topological polar surface area (TPSA) is 50.3 Å². The van der Waals surface area contributed by atoms with E-state index in [-0.39, 0.29) is 0 Å². The second kappa shape index (κ2) is 4.96. The molecule has 5 heteroatoms. The van der Waals surface area contributed by atoms with Crippen LogP contribution in [-0.2, 0) is 7.05 Å². The molecule has 1 aromatic heterocycles. The summed E-state index contributed by atoms with van der Waals surface area (Å²) in [6.45, 7) is 3.46. The molecule has 0 unspecified atom stereocenters. The number of rotatable bonds is 3. The van der Waals surface area contributed by atoms with Crippen LogP contribution < -0.4 is 10.6 Å². The average molecular weight is 237 g/mol. The zero-order valence-corrected chi connectivity index (χ0v) is 11.1. The quantitative estimate of drug-likeness (QED) is 0.844. The third kappa shape index (κ3) is 2.91. The first-order valence-electron chi connectivity index (χ1n) is 6.25. The predicted molar refractivity (Wildman–Crippen MR) is 71.1 cm³/mol. The van der Waals surface area contributed by atoms with E-state index in [0.29, 0.717) is 0 Å². The van der Waals surface area contributed by atoms with Crippen molar-refractivity contribution in [1.29, 1.82) is 0 Å². The highest BCUT2D eigenvalue weighted by molar-refractivity contribution is 5.61. The normalized spacial score (nSPS) is 18.5. The summed E-state index contributed by atoms with van der Waals surface area (Å²) in [6.07, 6.45) is 4.40. The van der Waals surface area contributed by atoms with E-state index in [1.807, 2.05) is 13.2 Å². The largest absolute Gasteiger partial charge is 0.394 e. The van der Waals surface area contributed by atoms with Crippen molar-refractivity contribution in [2.45, 2.75) is 12.8 Å². The maximum absolute atomic E-state index is 5.94. The first-order valence-corrected chi connectivity index (χ1v) is 6.25. The van der Waals surface area contributed by atoms with Crippen LogP contribution in [0.5, 0.6) is 0 Å². The van der Waals surface area contributed by atoms with E-state index in [4.69, 9.17) is 5.73 Å². The Morgan fingerprint density at radius 3 is 2.59 bits per heavy atom. The van der Waals surface area contributed by atoms with E-state index in [9.17, 15) is 0 Å². The van der Waals surface area contributed by atoms with Crippen LogP contribution in [-0.4, -0.2) is 48.4 Å². The summed E-state index contributed by atoms with van der Waals surface area (Å²) < 4.78 is 1.77. The van der Waals surface area contributed by atoms with Crippen LogP contribution in [0, 0.1) is 5.92 Å². The van der Waals surface area contributed by atoms with Gasteiger partial charge in [0.05, 0.1) is 5.69 Å². The van der Waals surface area contributed by atoms with E-state index >= 15 is 0 Å². The molecule has 0 aliphatic carbocycles. The van der Waals surface area contributed by atoms with E-state index in [0.717, 1.165) is 24.0 Å². The third-order valence-electron chi connectivity index (χ3n) is 3.57. The van der Waals surface area contributed by atoms with Gasteiger partial charge in [-0.15, -0.1) is 0 Å². The summed E-state index contributed by atoms with van der Waals surface area (Å²) in [5, 5.41) is 4.40. The molecule has 1 saturated heterocycles. The Hall–Kier alpha value is -1.23. The average Bonchev–Trinajstić information content (AvgIpc) is 2.61. The van der Waals surface area contributed by atoms with Gasteiger partial charge in [0.2, 0.25) is 0 Å². The van der Waals surface area contributed by atoms with Gasteiger partial charge in [-0.25, -0.2) is 0 Å². The van der Waals surface area contributed by atoms with E-state index in [1.165, 1.54) is 25.9 Å². The van der Waals surface area contributed by atoms with Crippen LogP contribution in [0.25, 0.3) is 0 Å². The Morgan fingerprint density at radius 2 is 2.06 bits per heavy atom. The highest BCUT2D eigenvalue weighted by Crippen LogP contribution is 2.23. The first kappa shape index (κ1) is 12.2. The zero-order valence-electron chi connectivity index (χ0n) is 11.1. The van der Waals surface area contributed by atoms with Gasteiger partial charge in [-0.2, -0.15) is 5.10 Å². The summed E-state index contributed by atoms with van der Waals surface area (Å²) in [6, 6.07) is 0. The van der Waals surface area contributed by atoms with Gasteiger partial charge in [-0.1, -0.05) is 0 Å². The smallest absolute Gasteiger partial charge is 0.173 e. The number of likely N-dealkylation sites (tertiary alicyclic amines) is 1. The molecule has 0 radical (unpaired) electrons. The maximum Gasteiger partial charge on any atom is 0.173 e. The fourth-order valence-electron chi connectivity index (χ4n) is 2.51. The van der Waals surface area contributed by atoms with Gasteiger partial charge in [-0.3, -0.25) is 4.68 Å². The molecule has 0 spiro atoms. The molecule has 17 heavy (non-hydrogen) atoms. The van der Waals surface area contributed by atoms with Gasteiger partial charge in [0.1, 0.15) is 0 Å². The lowest BCUT2D eigenvalue weighted by Crippen LogP contribution is -2.36. The molecule has 96 valence electrons. The zero-order chi connectivity index (χ0) is 12.4. The third-order valence-corrected chi connectivity index (χ3v) is 3.57. The fraction of sp³-hybridized carbons (Fsp3) is 0.750. The molecule has 5 nitrogen and oxygen atoms in total. The molecular weight excluding hydrogens is 214 g/mol. The molecule has 0 bridgehead atoms. The number of anilines is 2. The minimum Gasteiger partial charge on any atom is -0.394 e. The number of nitrogen functional groups attached to an aromatic ring is 1. The summed E-state index contributed by atoms with van der Waals surface area (Å²) in [5.41, 5.74) is 6.70. The summed E-state index contributed by atoms with van der Waals surface area (Å²) in [5.74, 6) is 1.67. The van der Waals surface area contributed by atoms with Gasteiger partial charge >= 0.3 is 0 Å². The summed E-state index contributed by atoms with van der Waals surface area (Å²) in [7, 11) is 6.18. The SMILES string of the molecule is CN1CCC(CN(C)c2nn(C)cc2N)CC1. The number of aromatic nitrogens is 2. The molecule has 2 rings (SSSR count). The van der Waals surface area contributed by atoms with Gasteiger partial charge in [0.15, 0.2) is 5.82 Å². The number of nitrogens with two attached hydrogens (primary N) is 1. The van der Waals surface area contributed by atoms with Gasteiger partial charge in [-0.05, 0) is 38.9 Å². The van der Waals surface area contributed by atoms with Crippen LogP contribution in [0.1, 0.15) is 12.8 Å². The predicted octanol–water partition coefficient (Wildman–Crippen LogP) is 0.780. The maximum atomic E-state index is 5.94. The Kier molecular flexibility index (Phi) is 3.57. The lowest BCUT2D eigenvalue weighted by molar-refractivity contribution is 0.222. The summed E-state index contributed by atoms with van der Waals surface area (Å²) in [4.78, 5) is 4.58. The molecule has 2 heterocycles. The Balaban J connectivity index is 1.93. The lowest BCUT2D eigenvalue weighted by Gasteiger charge is -2.31. The standard InChI is InChI=1S/C12H23N5/c1-15-6-4-10(5-7-15)8-16(2)12-11(13)9-17(3)14-12/h9-10H,4-8,13H2,1-3H3. The minimum absolute atomic E-state index is 0.762. The number of hydrogen-bond donors (Lipinski definition) is 1. The van der Waals surface area contributed by atoms with Crippen LogP contribution in [0.15, 0.2) is 6.20 Å². The summed E-state index contributed by atoms with van der Waals surface area (Å²) >= 11 is 0. The molecular formula is C12H23N5. The second-order valence-corrected chi connectivity index (χ2v) is 5.21. The van der Waals surface area contributed by atoms with Gasteiger partial charge in [0, 0.05) is 26.8 Å². The van der Waals surface area contributed by atoms with Crippen LogP contribution in [0.2, 0.25) is 0 Å². The fourth-order valence-corrected chi connectivity index (χ4v) is 2.51. The highest BCUT2D eigenvalue weighted by atomic mass is 15.3. The number of nitrogens with zero attached hydrogens (tertiary/aromatic N) is 4. The van der Waals surface area contributed by atoms with Crippen molar-refractivity contribution in [3.05, 3.63) is 6.20 Å². The molecule has 1 aliphatic rings. The van der Waals surface area contributed by atoms with E-state index < -0.39 is 0 Å². The molecule has 2 N–H and O–H groups in total. The van der Waals surface area contributed by atoms with Crippen molar-refractivity contribution in [2.24, 2.45) is 13.0 Å². The first-order chi connectivity index (χ1) is 8.06. The van der Waals surface area contributed by atoms with E-state index in [2.05, 4.69) is 29.0 Å². The van der Waals surface area contributed by atoms with E-state index in [1.54, 1.807) is 4.68 Å². The number of piperidine rings is 1. The Morgan fingerprint density at radius 1 is 1.41 bits per heavy atom. The van der Waals surface area contributed by atoms with Crippen LogP contribution >= 0.6 is 0 Å². The molecule has 1 aromatic rings. The molecule has 0 saturated carbocycles. The van der Waals surface area contributed by atoms with Crippen molar-refractivity contribution in [2.75, 3.05) is 44.4 Å². The molecule has 1 aliphatic heterocycles. The highest BCUT2D eigenvalue weighted by Gasteiger charge is 2.20. The van der Waals surface area contributed by atoms with Crippen molar-refractivity contribution in [3.63, 3.8) is 0 Å². The Labute approximate surface area is 103 Å². The Bertz CT molecular complexity index is 365. The monoisotopic (exact) mass is 237 g/mol. The van der Waals surface area contributed by atoms with Crippen molar-refractivity contribution in [3.8, 4) is 0 Å². The lowest BCUT2D eigenvalue weighted by atomic mass is 9.97. The number of aryl methyl sites for hydroxylation is 1. The number of hydrogen-bond acceptors (Lipinski definition) is 4. The molecule has 0 aromatic carbocycles. The van der Waals surface area contributed by atoms with Crippen molar-refractivity contribution in [1.82, 2.24) is 14.7 Å². The van der Waals surface area contributed by atoms with Crippen molar-refractivity contribution >= 4 is 11.5 Å². The van der Waals surface area contributed by atoms with Crippen molar-refractivity contribution < 1.29 is 0 Å². The molecule has 1 fully saturated rings.